The van der Waals surface area contributed by atoms with Crippen molar-refractivity contribution in [1.82, 2.24) is 9.88 Å². The summed E-state index contributed by atoms with van der Waals surface area (Å²) in [6.45, 7) is 2.08. The normalized spacial score (nSPS) is 12.0. The first-order chi connectivity index (χ1) is 16.5. The molecule has 2 N–H and O–H groups in total. The highest BCUT2D eigenvalue weighted by molar-refractivity contribution is 7.13. The first-order valence-corrected chi connectivity index (χ1v) is 11.9. The molecule has 8 nitrogen and oxygen atoms in total. The SMILES string of the molecule is CCCN(CC(=O)O)C(=O)Cc1csc(NC(=O)OCC2c3ccccc3-c3ccccc32)n1. The van der Waals surface area contributed by atoms with Crippen LogP contribution in [0.15, 0.2) is 53.9 Å². The van der Waals surface area contributed by atoms with E-state index in [4.69, 9.17) is 9.84 Å². The molecule has 0 bridgehead atoms. The smallest absolute Gasteiger partial charge is 0.413 e. The Morgan fingerprint density at radius 3 is 2.35 bits per heavy atom. The average Bonchev–Trinajstić information content (AvgIpc) is 3.39. The molecule has 4 rings (SSSR count). The Morgan fingerprint density at radius 2 is 1.74 bits per heavy atom. The van der Waals surface area contributed by atoms with Crippen molar-refractivity contribution in [2.24, 2.45) is 0 Å². The zero-order valence-electron chi connectivity index (χ0n) is 18.7. The highest BCUT2D eigenvalue weighted by Crippen LogP contribution is 2.44. The molecule has 2 aromatic carbocycles. The van der Waals surface area contributed by atoms with Crippen LogP contribution in [-0.4, -0.2) is 52.7 Å². The molecule has 1 heterocycles. The van der Waals surface area contributed by atoms with Crippen molar-refractivity contribution in [3.05, 3.63) is 70.7 Å². The van der Waals surface area contributed by atoms with Gasteiger partial charge in [-0.15, -0.1) is 11.3 Å². The van der Waals surface area contributed by atoms with Crippen molar-refractivity contribution in [2.75, 3.05) is 25.0 Å². The van der Waals surface area contributed by atoms with E-state index in [0.717, 1.165) is 22.3 Å². The monoisotopic (exact) mass is 479 g/mol. The standard InChI is InChI=1S/C25H25N3O5S/c1-2-11-28(13-23(30)31)22(29)12-16-15-34-24(26-16)27-25(32)33-14-21-19-9-5-3-7-17(19)18-8-4-6-10-20(18)21/h3-10,15,21H,2,11-14H2,1H3,(H,30,31)(H,26,27,32). The van der Waals surface area contributed by atoms with Gasteiger partial charge in [-0.3, -0.25) is 14.9 Å². The molecule has 9 heteroatoms. The number of benzene rings is 2. The van der Waals surface area contributed by atoms with Crippen LogP contribution in [0.2, 0.25) is 0 Å². The Balaban J connectivity index is 1.34. The Kier molecular flexibility index (Phi) is 7.22. The summed E-state index contributed by atoms with van der Waals surface area (Å²) in [5, 5.41) is 13.6. The number of hydrogen-bond acceptors (Lipinski definition) is 6. The van der Waals surface area contributed by atoms with E-state index in [9.17, 15) is 14.4 Å². The molecule has 0 fully saturated rings. The molecule has 0 atom stereocenters. The fourth-order valence-electron chi connectivity index (χ4n) is 4.16. The van der Waals surface area contributed by atoms with Gasteiger partial charge in [-0.1, -0.05) is 55.5 Å². The number of carboxylic acid groups (broad SMARTS) is 1. The van der Waals surface area contributed by atoms with Gasteiger partial charge in [0.1, 0.15) is 13.2 Å². The summed E-state index contributed by atoms with van der Waals surface area (Å²) in [5.74, 6) is -1.42. The Labute approximate surface area is 201 Å². The quantitative estimate of drug-likeness (QED) is 0.472. The molecule has 1 aliphatic carbocycles. The highest BCUT2D eigenvalue weighted by Gasteiger charge is 2.29. The predicted octanol–water partition coefficient (Wildman–Crippen LogP) is 4.37. The summed E-state index contributed by atoms with van der Waals surface area (Å²) < 4.78 is 5.52. The van der Waals surface area contributed by atoms with Gasteiger partial charge in [-0.05, 0) is 28.7 Å². The molecule has 176 valence electrons. The molecule has 34 heavy (non-hydrogen) atoms. The summed E-state index contributed by atoms with van der Waals surface area (Å²) >= 11 is 1.18. The summed E-state index contributed by atoms with van der Waals surface area (Å²) in [7, 11) is 0. The number of carboxylic acids is 1. The second kappa shape index (κ2) is 10.5. The van der Waals surface area contributed by atoms with Crippen LogP contribution in [0.5, 0.6) is 0 Å². The lowest BCUT2D eigenvalue weighted by Crippen LogP contribution is -2.37. The number of fused-ring (bicyclic) bond motifs is 3. The molecule has 0 aliphatic heterocycles. The Hall–Kier alpha value is -3.72. The van der Waals surface area contributed by atoms with Gasteiger partial charge in [0, 0.05) is 17.8 Å². The fraction of sp³-hybridized carbons (Fsp3) is 0.280. The molecule has 0 saturated heterocycles. The fourth-order valence-corrected chi connectivity index (χ4v) is 4.86. The largest absolute Gasteiger partial charge is 0.480 e. The second-order valence-electron chi connectivity index (χ2n) is 7.98. The number of nitrogens with one attached hydrogen (secondary N) is 1. The van der Waals surface area contributed by atoms with E-state index in [1.807, 2.05) is 31.2 Å². The van der Waals surface area contributed by atoms with Crippen LogP contribution >= 0.6 is 11.3 Å². The predicted molar refractivity (Wildman–Crippen MR) is 129 cm³/mol. The third-order valence-corrected chi connectivity index (χ3v) is 6.42. The van der Waals surface area contributed by atoms with Gasteiger partial charge in [-0.25, -0.2) is 9.78 Å². The summed E-state index contributed by atoms with van der Waals surface area (Å²) in [4.78, 5) is 41.4. The van der Waals surface area contributed by atoms with Crippen LogP contribution in [0.3, 0.4) is 0 Å². The van der Waals surface area contributed by atoms with Gasteiger partial charge in [0.2, 0.25) is 5.91 Å². The number of rotatable bonds is 9. The minimum atomic E-state index is -1.06. The molecule has 3 aromatic rings. The number of carbonyl (C=O) groups is 3. The Bertz CT molecular complexity index is 1160. The van der Waals surface area contributed by atoms with E-state index in [2.05, 4.69) is 34.6 Å². The molecule has 1 aromatic heterocycles. The molecule has 1 aliphatic rings. The zero-order valence-corrected chi connectivity index (χ0v) is 19.5. The number of hydrogen-bond donors (Lipinski definition) is 2. The summed E-state index contributed by atoms with van der Waals surface area (Å²) in [5.41, 5.74) is 5.03. The van der Waals surface area contributed by atoms with E-state index in [-0.39, 0.29) is 31.4 Å². The summed E-state index contributed by atoms with van der Waals surface area (Å²) in [6, 6.07) is 16.2. The Morgan fingerprint density at radius 1 is 1.09 bits per heavy atom. The van der Waals surface area contributed by atoms with Gasteiger partial charge in [0.25, 0.3) is 0 Å². The van der Waals surface area contributed by atoms with E-state index in [0.29, 0.717) is 23.8 Å². The zero-order chi connectivity index (χ0) is 24.1. The van der Waals surface area contributed by atoms with Crippen LogP contribution in [0.25, 0.3) is 11.1 Å². The minimum Gasteiger partial charge on any atom is -0.480 e. The maximum Gasteiger partial charge on any atom is 0.413 e. The molecule has 0 radical (unpaired) electrons. The molecule has 0 unspecified atom stereocenters. The van der Waals surface area contributed by atoms with Gasteiger partial charge >= 0.3 is 12.1 Å². The molecular formula is C25H25N3O5S. The minimum absolute atomic E-state index is 0.0316. The third kappa shape index (κ3) is 5.26. The van der Waals surface area contributed by atoms with Crippen LogP contribution in [0.1, 0.15) is 36.1 Å². The summed E-state index contributed by atoms with van der Waals surface area (Å²) in [6.07, 6.45) is 0.00783. The number of thiazole rings is 1. The first kappa shape index (κ1) is 23.4. The molecular weight excluding hydrogens is 454 g/mol. The van der Waals surface area contributed by atoms with E-state index >= 15 is 0 Å². The van der Waals surface area contributed by atoms with Crippen LogP contribution < -0.4 is 5.32 Å². The number of nitrogens with zero attached hydrogens (tertiary/aromatic N) is 2. The number of aromatic nitrogens is 1. The number of amides is 2. The number of ether oxygens (including phenoxy) is 1. The topological polar surface area (TPSA) is 109 Å². The van der Waals surface area contributed by atoms with E-state index in [1.54, 1.807) is 5.38 Å². The molecule has 2 amide bonds. The highest BCUT2D eigenvalue weighted by atomic mass is 32.1. The lowest BCUT2D eigenvalue weighted by Gasteiger charge is -2.19. The van der Waals surface area contributed by atoms with Crippen molar-refractivity contribution in [2.45, 2.75) is 25.7 Å². The third-order valence-electron chi connectivity index (χ3n) is 5.61. The van der Waals surface area contributed by atoms with Gasteiger partial charge in [0.15, 0.2) is 5.13 Å². The number of anilines is 1. The lowest BCUT2D eigenvalue weighted by molar-refractivity contribution is -0.144. The maximum absolute atomic E-state index is 12.4. The lowest BCUT2D eigenvalue weighted by atomic mass is 9.98. The first-order valence-electron chi connectivity index (χ1n) is 11.0. The van der Waals surface area contributed by atoms with Crippen molar-refractivity contribution in [3.63, 3.8) is 0 Å². The molecule has 0 spiro atoms. The number of aliphatic carboxylic acids is 1. The van der Waals surface area contributed by atoms with Crippen LogP contribution in [0.4, 0.5) is 9.93 Å². The second-order valence-corrected chi connectivity index (χ2v) is 8.84. The van der Waals surface area contributed by atoms with Crippen LogP contribution in [0, 0.1) is 0 Å². The van der Waals surface area contributed by atoms with Gasteiger partial charge in [-0.2, -0.15) is 0 Å². The van der Waals surface area contributed by atoms with E-state index < -0.39 is 12.1 Å². The van der Waals surface area contributed by atoms with Crippen molar-refractivity contribution in [1.29, 1.82) is 0 Å². The van der Waals surface area contributed by atoms with Crippen molar-refractivity contribution < 1.29 is 24.2 Å². The number of carbonyl (C=O) groups excluding carboxylic acids is 2. The van der Waals surface area contributed by atoms with Gasteiger partial charge < -0.3 is 14.7 Å². The average molecular weight is 480 g/mol. The van der Waals surface area contributed by atoms with Crippen molar-refractivity contribution in [3.8, 4) is 11.1 Å². The van der Waals surface area contributed by atoms with Gasteiger partial charge in [0.05, 0.1) is 12.1 Å². The maximum atomic E-state index is 12.4. The molecule has 0 saturated carbocycles. The van der Waals surface area contributed by atoms with Crippen LogP contribution in [-0.2, 0) is 20.7 Å². The van der Waals surface area contributed by atoms with Crippen molar-refractivity contribution >= 4 is 34.4 Å². The van der Waals surface area contributed by atoms with E-state index in [1.165, 1.54) is 16.2 Å².